The standard InChI is InChI=1S/C19H21NO3/c1-2-3-11-20(15-7-5-4-6-8-15)13-17-14-22-19-12-16(21)9-10-18(19)23-17/h4-10,12,14,21H,2-3,11,13H2,1H3. The summed E-state index contributed by atoms with van der Waals surface area (Å²) in [5.74, 6) is 2.08. The Balaban J connectivity index is 1.73. The number of aromatic hydroxyl groups is 1. The maximum Gasteiger partial charge on any atom is 0.172 e. The molecule has 4 heteroatoms. The van der Waals surface area contributed by atoms with Crippen molar-refractivity contribution in [2.75, 3.05) is 18.0 Å². The Bertz CT molecular complexity index is 682. The van der Waals surface area contributed by atoms with E-state index in [2.05, 4.69) is 24.0 Å². The molecular formula is C19H21NO3. The van der Waals surface area contributed by atoms with E-state index in [1.54, 1.807) is 24.5 Å². The van der Waals surface area contributed by atoms with Gasteiger partial charge in [-0.05, 0) is 30.7 Å². The van der Waals surface area contributed by atoms with Crippen LogP contribution in [0.25, 0.3) is 0 Å². The lowest BCUT2D eigenvalue weighted by Crippen LogP contribution is -2.29. The summed E-state index contributed by atoms with van der Waals surface area (Å²) in [7, 11) is 0. The number of nitrogens with zero attached hydrogens (tertiary/aromatic N) is 1. The van der Waals surface area contributed by atoms with Crippen molar-refractivity contribution in [2.24, 2.45) is 0 Å². The SMILES string of the molecule is CCCCN(CC1=COc2cc(O)ccc2O1)c1ccccc1. The van der Waals surface area contributed by atoms with Crippen molar-refractivity contribution < 1.29 is 14.6 Å². The molecule has 4 nitrogen and oxygen atoms in total. The number of para-hydroxylation sites is 1. The lowest BCUT2D eigenvalue weighted by Gasteiger charge is -2.27. The Morgan fingerprint density at radius 2 is 1.87 bits per heavy atom. The van der Waals surface area contributed by atoms with Gasteiger partial charge in [0.1, 0.15) is 12.0 Å². The molecule has 0 bridgehead atoms. The second-order valence-electron chi connectivity index (χ2n) is 5.55. The number of phenolic OH excluding ortho intramolecular Hbond substituents is 1. The molecule has 0 unspecified atom stereocenters. The van der Waals surface area contributed by atoms with Crippen molar-refractivity contribution in [2.45, 2.75) is 19.8 Å². The zero-order chi connectivity index (χ0) is 16.1. The Hall–Kier alpha value is -2.62. The van der Waals surface area contributed by atoms with Crippen molar-refractivity contribution >= 4 is 5.69 Å². The molecular weight excluding hydrogens is 290 g/mol. The topological polar surface area (TPSA) is 41.9 Å². The molecule has 2 aromatic rings. The third-order valence-electron chi connectivity index (χ3n) is 3.74. The molecule has 0 amide bonds. The van der Waals surface area contributed by atoms with Crippen LogP contribution < -0.4 is 14.4 Å². The minimum absolute atomic E-state index is 0.165. The number of benzene rings is 2. The first-order valence-electron chi connectivity index (χ1n) is 7.93. The van der Waals surface area contributed by atoms with Crippen LogP contribution in [0.5, 0.6) is 17.2 Å². The predicted octanol–water partition coefficient (Wildman–Crippen LogP) is 4.31. The smallest absolute Gasteiger partial charge is 0.172 e. The van der Waals surface area contributed by atoms with Gasteiger partial charge in [0.05, 0.1) is 6.54 Å². The van der Waals surface area contributed by atoms with Crippen LogP contribution in [0.15, 0.2) is 60.6 Å². The van der Waals surface area contributed by atoms with Gasteiger partial charge in [0.2, 0.25) is 0 Å². The molecule has 2 aromatic carbocycles. The quantitative estimate of drug-likeness (QED) is 0.863. The predicted molar refractivity (Wildman–Crippen MR) is 91.0 cm³/mol. The molecule has 1 heterocycles. The summed E-state index contributed by atoms with van der Waals surface area (Å²) in [6, 6.07) is 15.2. The van der Waals surface area contributed by atoms with E-state index in [4.69, 9.17) is 9.47 Å². The fraction of sp³-hybridized carbons (Fsp3) is 0.263. The molecule has 0 aromatic heterocycles. The Labute approximate surface area is 136 Å². The van der Waals surface area contributed by atoms with E-state index in [9.17, 15) is 5.11 Å². The van der Waals surface area contributed by atoms with Crippen molar-refractivity contribution in [3.8, 4) is 17.2 Å². The van der Waals surface area contributed by atoms with Gasteiger partial charge in [-0.1, -0.05) is 31.5 Å². The molecule has 0 atom stereocenters. The first kappa shape index (κ1) is 15.3. The largest absolute Gasteiger partial charge is 0.508 e. The first-order chi connectivity index (χ1) is 11.3. The number of unbranched alkanes of at least 4 members (excludes halogenated alkanes) is 1. The highest BCUT2D eigenvalue weighted by Crippen LogP contribution is 2.35. The molecule has 3 rings (SSSR count). The third kappa shape index (κ3) is 3.77. The van der Waals surface area contributed by atoms with E-state index in [0.717, 1.165) is 25.1 Å². The highest BCUT2D eigenvalue weighted by atomic mass is 16.6. The van der Waals surface area contributed by atoms with Crippen LogP contribution in [-0.2, 0) is 0 Å². The van der Waals surface area contributed by atoms with Gasteiger partial charge in [-0.15, -0.1) is 0 Å². The highest BCUT2D eigenvalue weighted by Gasteiger charge is 2.17. The molecule has 0 saturated heterocycles. The minimum Gasteiger partial charge on any atom is -0.508 e. The van der Waals surface area contributed by atoms with E-state index in [0.29, 0.717) is 18.0 Å². The number of anilines is 1. The zero-order valence-corrected chi connectivity index (χ0v) is 13.2. The molecule has 1 aliphatic heterocycles. The summed E-state index contributed by atoms with van der Waals surface area (Å²) < 4.78 is 11.5. The van der Waals surface area contributed by atoms with Gasteiger partial charge in [-0.2, -0.15) is 0 Å². The second-order valence-corrected chi connectivity index (χ2v) is 5.55. The van der Waals surface area contributed by atoms with Crippen molar-refractivity contribution in [3.63, 3.8) is 0 Å². The van der Waals surface area contributed by atoms with Crippen LogP contribution in [-0.4, -0.2) is 18.2 Å². The first-order valence-corrected chi connectivity index (χ1v) is 7.93. The van der Waals surface area contributed by atoms with Gasteiger partial charge >= 0.3 is 0 Å². The summed E-state index contributed by atoms with van der Waals surface area (Å²) in [5.41, 5.74) is 1.17. The van der Waals surface area contributed by atoms with Crippen molar-refractivity contribution in [3.05, 3.63) is 60.6 Å². The Morgan fingerprint density at radius 3 is 2.65 bits per heavy atom. The lowest BCUT2D eigenvalue weighted by atomic mass is 10.2. The average Bonchev–Trinajstić information content (AvgIpc) is 2.59. The fourth-order valence-corrected chi connectivity index (χ4v) is 2.51. The van der Waals surface area contributed by atoms with Crippen molar-refractivity contribution in [1.82, 2.24) is 0 Å². The molecule has 1 aliphatic rings. The van der Waals surface area contributed by atoms with Crippen LogP contribution >= 0.6 is 0 Å². The minimum atomic E-state index is 0.165. The molecule has 0 radical (unpaired) electrons. The number of ether oxygens (including phenoxy) is 2. The van der Waals surface area contributed by atoms with E-state index < -0.39 is 0 Å². The van der Waals surface area contributed by atoms with Gasteiger partial charge < -0.3 is 19.5 Å². The van der Waals surface area contributed by atoms with Gasteiger partial charge in [-0.3, -0.25) is 0 Å². The van der Waals surface area contributed by atoms with E-state index >= 15 is 0 Å². The third-order valence-corrected chi connectivity index (χ3v) is 3.74. The van der Waals surface area contributed by atoms with Gasteiger partial charge in [0.25, 0.3) is 0 Å². The molecule has 0 saturated carbocycles. The van der Waals surface area contributed by atoms with E-state index in [1.807, 2.05) is 18.2 Å². The number of phenols is 1. The van der Waals surface area contributed by atoms with E-state index in [-0.39, 0.29) is 5.75 Å². The maximum atomic E-state index is 9.48. The van der Waals surface area contributed by atoms with Crippen LogP contribution in [0.1, 0.15) is 19.8 Å². The molecule has 0 spiro atoms. The second kappa shape index (κ2) is 7.09. The summed E-state index contributed by atoms with van der Waals surface area (Å²) >= 11 is 0. The lowest BCUT2D eigenvalue weighted by molar-refractivity contribution is 0.317. The zero-order valence-electron chi connectivity index (χ0n) is 13.2. The number of hydrogen-bond acceptors (Lipinski definition) is 4. The molecule has 120 valence electrons. The van der Waals surface area contributed by atoms with Crippen LogP contribution in [0.4, 0.5) is 5.69 Å². The Morgan fingerprint density at radius 1 is 1.04 bits per heavy atom. The van der Waals surface area contributed by atoms with Crippen LogP contribution in [0, 0.1) is 0 Å². The van der Waals surface area contributed by atoms with Crippen LogP contribution in [0.3, 0.4) is 0 Å². The molecule has 23 heavy (non-hydrogen) atoms. The number of rotatable bonds is 6. The van der Waals surface area contributed by atoms with E-state index in [1.165, 1.54) is 5.69 Å². The summed E-state index contributed by atoms with van der Waals surface area (Å²) in [4.78, 5) is 2.28. The van der Waals surface area contributed by atoms with Gasteiger partial charge in [0.15, 0.2) is 17.3 Å². The summed E-state index contributed by atoms with van der Waals surface area (Å²) in [6.45, 7) is 3.79. The van der Waals surface area contributed by atoms with Crippen molar-refractivity contribution in [1.29, 1.82) is 0 Å². The van der Waals surface area contributed by atoms with Gasteiger partial charge in [-0.25, -0.2) is 0 Å². The monoisotopic (exact) mass is 311 g/mol. The van der Waals surface area contributed by atoms with Crippen LogP contribution in [0.2, 0.25) is 0 Å². The summed E-state index contributed by atoms with van der Waals surface area (Å²) in [6.07, 6.45) is 3.87. The molecule has 0 aliphatic carbocycles. The number of hydrogen-bond donors (Lipinski definition) is 1. The molecule has 0 fully saturated rings. The summed E-state index contributed by atoms with van der Waals surface area (Å²) in [5, 5.41) is 9.48. The maximum absolute atomic E-state index is 9.48. The normalized spacial score (nSPS) is 12.7. The molecule has 1 N–H and O–H groups in total. The fourth-order valence-electron chi connectivity index (χ4n) is 2.51. The highest BCUT2D eigenvalue weighted by molar-refractivity contribution is 5.50. The Kier molecular flexibility index (Phi) is 4.71. The number of fused-ring (bicyclic) bond motifs is 1. The van der Waals surface area contributed by atoms with Gasteiger partial charge in [0, 0.05) is 18.3 Å². The average molecular weight is 311 g/mol.